The Labute approximate surface area is 92.5 Å². The molecule has 0 fully saturated rings. The number of fused-ring (bicyclic) bond motifs is 1. The molecule has 2 heterocycles. The first-order valence-electron chi connectivity index (χ1n) is 5.07. The van der Waals surface area contributed by atoms with E-state index >= 15 is 0 Å². The van der Waals surface area contributed by atoms with Gasteiger partial charge in [0.05, 0.1) is 0 Å². The van der Waals surface area contributed by atoms with Gasteiger partial charge in [0.15, 0.2) is 11.3 Å². The number of rotatable bonds is 1. The van der Waals surface area contributed by atoms with Crippen molar-refractivity contribution >= 4 is 6.08 Å². The molecular weight excluding hydrogens is 198 g/mol. The molecule has 3 heteroatoms. The Kier molecular flexibility index (Phi) is 2.07. The van der Waals surface area contributed by atoms with Crippen LogP contribution in [0.4, 0.5) is 0 Å². The van der Waals surface area contributed by atoms with Gasteiger partial charge in [0.25, 0.3) is 0 Å². The van der Waals surface area contributed by atoms with Gasteiger partial charge in [-0.2, -0.15) is 0 Å². The van der Waals surface area contributed by atoms with E-state index in [0.29, 0.717) is 11.3 Å². The van der Waals surface area contributed by atoms with Crippen molar-refractivity contribution in [3.05, 3.63) is 70.9 Å². The summed E-state index contributed by atoms with van der Waals surface area (Å²) in [5.74, 6) is 0.708. The van der Waals surface area contributed by atoms with Crippen molar-refractivity contribution in [2.24, 2.45) is 9.98 Å². The van der Waals surface area contributed by atoms with Crippen LogP contribution in [0.15, 0.2) is 64.5 Å². The Morgan fingerprint density at radius 3 is 2.56 bits per heavy atom. The van der Waals surface area contributed by atoms with Crippen LogP contribution in [0, 0.1) is 0 Å². The van der Waals surface area contributed by atoms with E-state index in [-0.39, 0.29) is 0 Å². The largest absolute Gasteiger partial charge is 0.235 e. The Morgan fingerprint density at radius 2 is 1.75 bits per heavy atom. The lowest BCUT2D eigenvalue weighted by molar-refractivity contribution is 1.13. The third-order valence-corrected chi connectivity index (χ3v) is 2.32. The third-order valence-electron chi connectivity index (χ3n) is 2.32. The molecule has 0 atom stereocenters. The van der Waals surface area contributed by atoms with E-state index in [9.17, 15) is 0 Å². The molecule has 0 bridgehead atoms. The summed E-state index contributed by atoms with van der Waals surface area (Å²) < 4.78 is 0. The van der Waals surface area contributed by atoms with Crippen molar-refractivity contribution in [2.45, 2.75) is 0 Å². The summed E-state index contributed by atoms with van der Waals surface area (Å²) >= 11 is 0. The first-order chi connectivity index (χ1) is 7.92. The molecule has 0 saturated heterocycles. The van der Waals surface area contributed by atoms with Crippen LogP contribution in [0.2, 0.25) is 0 Å². The van der Waals surface area contributed by atoms with Crippen molar-refractivity contribution in [2.75, 3.05) is 0 Å². The molecule has 0 saturated carbocycles. The van der Waals surface area contributed by atoms with Gasteiger partial charge in [-0.3, -0.25) is 0 Å². The average Bonchev–Trinajstić information content (AvgIpc) is 2.72. The predicted octanol–water partition coefficient (Wildman–Crippen LogP) is 1.33. The van der Waals surface area contributed by atoms with E-state index < -0.39 is 0 Å². The number of hydrogen-bond acceptors (Lipinski definition) is 3. The molecule has 0 radical (unpaired) electrons. The average molecular weight is 207 g/mol. The Bertz CT molecular complexity index is 620. The fourth-order valence-corrected chi connectivity index (χ4v) is 1.58. The summed E-state index contributed by atoms with van der Waals surface area (Å²) in [4.78, 5) is 12.9. The second-order valence-corrected chi connectivity index (χ2v) is 3.48. The highest BCUT2D eigenvalue weighted by molar-refractivity contribution is 5.52. The highest BCUT2D eigenvalue weighted by atomic mass is 15.0. The summed E-state index contributed by atoms with van der Waals surface area (Å²) in [6, 6.07) is 13.8. The topological polar surface area (TPSA) is 37.6 Å². The molecule has 76 valence electrons. The number of pyridine rings is 1. The monoisotopic (exact) mass is 207 g/mol. The van der Waals surface area contributed by atoms with Crippen molar-refractivity contribution in [1.29, 1.82) is 0 Å². The van der Waals surface area contributed by atoms with Gasteiger partial charge >= 0.3 is 0 Å². The first kappa shape index (κ1) is 8.97. The van der Waals surface area contributed by atoms with Gasteiger partial charge in [-0.1, -0.05) is 30.3 Å². The minimum Gasteiger partial charge on any atom is -0.235 e. The SMILES string of the molecule is C(=C1N=c2cccnc2=N1)c1ccccc1. The van der Waals surface area contributed by atoms with Crippen LogP contribution in [0.5, 0.6) is 0 Å². The van der Waals surface area contributed by atoms with Crippen LogP contribution in [0.25, 0.3) is 6.08 Å². The summed E-state index contributed by atoms with van der Waals surface area (Å²) in [7, 11) is 0. The fraction of sp³-hybridized carbons (Fsp3) is 0. The highest BCUT2D eigenvalue weighted by Gasteiger charge is 2.01. The van der Waals surface area contributed by atoms with Gasteiger partial charge in [0.2, 0.25) is 0 Å². The lowest BCUT2D eigenvalue weighted by Crippen LogP contribution is -2.23. The summed E-state index contributed by atoms with van der Waals surface area (Å²) in [6.45, 7) is 0. The predicted molar refractivity (Wildman–Crippen MR) is 61.0 cm³/mol. The van der Waals surface area contributed by atoms with Crippen LogP contribution < -0.4 is 10.8 Å². The normalized spacial score (nSPS) is 15.4. The van der Waals surface area contributed by atoms with Crippen molar-refractivity contribution < 1.29 is 0 Å². The first-order valence-corrected chi connectivity index (χ1v) is 5.07. The van der Waals surface area contributed by atoms with E-state index in [0.717, 1.165) is 10.9 Å². The van der Waals surface area contributed by atoms with Gasteiger partial charge in [0.1, 0.15) is 5.36 Å². The molecule has 1 aromatic heterocycles. The maximum absolute atomic E-state index is 4.38. The van der Waals surface area contributed by atoms with Crippen LogP contribution in [0.3, 0.4) is 0 Å². The number of benzene rings is 1. The number of hydrogen-bond donors (Lipinski definition) is 0. The van der Waals surface area contributed by atoms with Gasteiger partial charge in [-0.15, -0.1) is 0 Å². The molecule has 0 spiro atoms. The second kappa shape index (κ2) is 3.70. The smallest absolute Gasteiger partial charge is 0.180 e. The van der Waals surface area contributed by atoms with Gasteiger partial charge in [-0.25, -0.2) is 15.0 Å². The van der Waals surface area contributed by atoms with Crippen molar-refractivity contribution in [3.8, 4) is 0 Å². The fourth-order valence-electron chi connectivity index (χ4n) is 1.58. The maximum atomic E-state index is 4.38. The van der Waals surface area contributed by atoms with E-state index in [1.54, 1.807) is 6.20 Å². The summed E-state index contributed by atoms with van der Waals surface area (Å²) in [6.07, 6.45) is 3.67. The molecule has 3 rings (SSSR count). The van der Waals surface area contributed by atoms with Crippen LogP contribution in [0.1, 0.15) is 5.56 Å². The van der Waals surface area contributed by atoms with Gasteiger partial charge in [-0.05, 0) is 23.8 Å². The van der Waals surface area contributed by atoms with Crippen molar-refractivity contribution in [3.63, 3.8) is 0 Å². The van der Waals surface area contributed by atoms with Gasteiger partial charge in [0, 0.05) is 6.20 Å². The Hall–Kier alpha value is -2.29. The molecule has 1 aromatic carbocycles. The molecule has 3 nitrogen and oxygen atoms in total. The Morgan fingerprint density at radius 1 is 0.875 bits per heavy atom. The zero-order valence-electron chi connectivity index (χ0n) is 8.54. The molecule has 1 aliphatic rings. The quantitative estimate of drug-likeness (QED) is 0.695. The minimum atomic E-state index is 0.699. The van der Waals surface area contributed by atoms with E-state index in [2.05, 4.69) is 15.0 Å². The summed E-state index contributed by atoms with van der Waals surface area (Å²) in [5, 5.41) is 0.838. The molecule has 0 N–H and O–H groups in total. The van der Waals surface area contributed by atoms with E-state index in [4.69, 9.17) is 0 Å². The van der Waals surface area contributed by atoms with Crippen LogP contribution in [-0.4, -0.2) is 4.98 Å². The molecule has 0 amide bonds. The van der Waals surface area contributed by atoms with E-state index in [1.165, 1.54) is 0 Å². The van der Waals surface area contributed by atoms with Crippen LogP contribution >= 0.6 is 0 Å². The van der Waals surface area contributed by atoms with Crippen LogP contribution in [-0.2, 0) is 0 Å². The van der Waals surface area contributed by atoms with Crippen molar-refractivity contribution in [1.82, 2.24) is 4.98 Å². The number of nitrogens with zero attached hydrogens (tertiary/aromatic N) is 3. The zero-order chi connectivity index (χ0) is 10.8. The Balaban J connectivity index is 2.08. The molecule has 2 aromatic rings. The molecule has 16 heavy (non-hydrogen) atoms. The minimum absolute atomic E-state index is 0.699. The zero-order valence-corrected chi connectivity index (χ0v) is 8.54. The standard InChI is InChI=1S/C13H9N3/c1-2-5-10(6-3-1)9-12-15-11-7-4-8-14-13(11)16-12/h1-9H. The molecular formula is C13H9N3. The molecule has 0 unspecified atom stereocenters. The lowest BCUT2D eigenvalue weighted by atomic mass is 10.2. The van der Waals surface area contributed by atoms with Gasteiger partial charge < -0.3 is 0 Å². The molecule has 0 aliphatic carbocycles. The highest BCUT2D eigenvalue weighted by Crippen LogP contribution is 2.08. The summed E-state index contributed by atoms with van der Waals surface area (Å²) in [5.41, 5.74) is 1.79. The second-order valence-electron chi connectivity index (χ2n) is 3.48. The lowest BCUT2D eigenvalue weighted by Gasteiger charge is -1.91. The van der Waals surface area contributed by atoms with E-state index in [1.807, 2.05) is 48.5 Å². The third kappa shape index (κ3) is 1.63. The number of aromatic nitrogens is 1. The molecule has 1 aliphatic heterocycles. The maximum Gasteiger partial charge on any atom is 0.180 e.